The maximum atomic E-state index is 12.1. The summed E-state index contributed by atoms with van der Waals surface area (Å²) in [6.07, 6.45) is 6.22. The van der Waals surface area contributed by atoms with Crippen LogP contribution in [0.2, 0.25) is 0 Å². The SMILES string of the molecule is Cl.O=C(Cc1cnn(-c2ccccc2)c1)NC1CCCNC1. The Balaban J connectivity index is 0.00000176. The number of piperidine rings is 1. The van der Waals surface area contributed by atoms with Crippen LogP contribution in [0.3, 0.4) is 0 Å². The van der Waals surface area contributed by atoms with E-state index in [-0.39, 0.29) is 24.4 Å². The third-order valence-electron chi connectivity index (χ3n) is 3.68. The zero-order valence-corrected chi connectivity index (χ0v) is 13.2. The maximum Gasteiger partial charge on any atom is 0.224 e. The molecule has 5 nitrogen and oxygen atoms in total. The number of hydrogen-bond acceptors (Lipinski definition) is 3. The van der Waals surface area contributed by atoms with Crippen molar-refractivity contribution in [1.29, 1.82) is 0 Å². The zero-order chi connectivity index (χ0) is 14.5. The highest BCUT2D eigenvalue weighted by Crippen LogP contribution is 2.08. The van der Waals surface area contributed by atoms with Crippen molar-refractivity contribution in [2.75, 3.05) is 13.1 Å². The van der Waals surface area contributed by atoms with Crippen molar-refractivity contribution in [3.8, 4) is 5.69 Å². The molecule has 0 spiro atoms. The van der Waals surface area contributed by atoms with E-state index in [0.717, 1.165) is 37.2 Å². The summed E-state index contributed by atoms with van der Waals surface area (Å²) in [7, 11) is 0. The maximum absolute atomic E-state index is 12.1. The number of aromatic nitrogens is 2. The highest BCUT2D eigenvalue weighted by Gasteiger charge is 2.15. The monoisotopic (exact) mass is 320 g/mol. The van der Waals surface area contributed by atoms with Gasteiger partial charge < -0.3 is 10.6 Å². The molecule has 1 amide bonds. The predicted octanol–water partition coefficient (Wildman–Crippen LogP) is 1.70. The summed E-state index contributed by atoms with van der Waals surface area (Å²) in [5, 5.41) is 10.7. The summed E-state index contributed by atoms with van der Waals surface area (Å²) >= 11 is 0. The van der Waals surface area contributed by atoms with E-state index in [0.29, 0.717) is 6.42 Å². The standard InChI is InChI=1S/C16H20N4O.ClH/c21-16(19-14-5-4-8-17-11-14)9-13-10-18-20(12-13)15-6-2-1-3-7-15;/h1-3,6-7,10,12,14,17H,4-5,8-9,11H2,(H,19,21);1H. The molecular weight excluding hydrogens is 300 g/mol. The van der Waals surface area contributed by atoms with E-state index in [4.69, 9.17) is 0 Å². The normalized spacial score (nSPS) is 17.5. The predicted molar refractivity (Wildman–Crippen MR) is 88.6 cm³/mol. The second kappa shape index (κ2) is 7.96. The van der Waals surface area contributed by atoms with Crippen molar-refractivity contribution < 1.29 is 4.79 Å². The molecule has 1 saturated heterocycles. The van der Waals surface area contributed by atoms with Gasteiger partial charge in [-0.15, -0.1) is 12.4 Å². The fourth-order valence-electron chi connectivity index (χ4n) is 2.61. The Morgan fingerprint density at radius 1 is 1.36 bits per heavy atom. The molecule has 1 aliphatic rings. The Morgan fingerprint density at radius 2 is 2.18 bits per heavy atom. The van der Waals surface area contributed by atoms with E-state index in [9.17, 15) is 4.79 Å². The number of nitrogens with zero attached hydrogens (tertiary/aromatic N) is 2. The summed E-state index contributed by atoms with van der Waals surface area (Å²) in [5.74, 6) is 0.0660. The summed E-state index contributed by atoms with van der Waals surface area (Å²) in [6, 6.07) is 10.2. The number of hydrogen-bond donors (Lipinski definition) is 2. The van der Waals surface area contributed by atoms with Gasteiger partial charge in [-0.2, -0.15) is 5.10 Å². The van der Waals surface area contributed by atoms with Crippen LogP contribution >= 0.6 is 12.4 Å². The third-order valence-corrected chi connectivity index (χ3v) is 3.68. The fourth-order valence-corrected chi connectivity index (χ4v) is 2.61. The van der Waals surface area contributed by atoms with Crippen LogP contribution in [-0.2, 0) is 11.2 Å². The number of carbonyl (C=O) groups is 1. The van der Waals surface area contributed by atoms with Crippen molar-refractivity contribution in [3.63, 3.8) is 0 Å². The van der Waals surface area contributed by atoms with Crippen molar-refractivity contribution in [2.45, 2.75) is 25.3 Å². The summed E-state index contributed by atoms with van der Waals surface area (Å²) in [4.78, 5) is 12.1. The van der Waals surface area contributed by atoms with Crippen molar-refractivity contribution in [1.82, 2.24) is 20.4 Å². The molecular formula is C16H21ClN4O. The molecule has 2 aromatic rings. The first-order chi connectivity index (χ1) is 10.3. The molecule has 2 N–H and O–H groups in total. The van der Waals surface area contributed by atoms with Crippen LogP contribution in [0.15, 0.2) is 42.7 Å². The van der Waals surface area contributed by atoms with Crippen molar-refractivity contribution in [3.05, 3.63) is 48.3 Å². The molecule has 1 fully saturated rings. The summed E-state index contributed by atoms with van der Waals surface area (Å²) in [5.41, 5.74) is 1.93. The van der Waals surface area contributed by atoms with Gasteiger partial charge in [0.1, 0.15) is 0 Å². The van der Waals surface area contributed by atoms with Gasteiger partial charge in [-0.1, -0.05) is 18.2 Å². The third kappa shape index (κ3) is 4.32. The van der Waals surface area contributed by atoms with Gasteiger partial charge in [0.05, 0.1) is 18.3 Å². The average molecular weight is 321 g/mol. The molecule has 118 valence electrons. The molecule has 22 heavy (non-hydrogen) atoms. The van der Waals surface area contributed by atoms with Crippen molar-refractivity contribution >= 4 is 18.3 Å². The molecule has 0 radical (unpaired) electrons. The molecule has 6 heteroatoms. The van der Waals surface area contributed by atoms with Crippen LogP contribution in [0.4, 0.5) is 0 Å². The quantitative estimate of drug-likeness (QED) is 0.901. The second-order valence-corrected chi connectivity index (χ2v) is 5.42. The van der Waals surface area contributed by atoms with Gasteiger partial charge in [-0.05, 0) is 37.1 Å². The van der Waals surface area contributed by atoms with E-state index >= 15 is 0 Å². The van der Waals surface area contributed by atoms with Gasteiger partial charge in [0, 0.05) is 18.8 Å². The van der Waals surface area contributed by atoms with Gasteiger partial charge in [0.25, 0.3) is 0 Å². The Hall–Kier alpha value is -1.85. The van der Waals surface area contributed by atoms with Gasteiger partial charge in [0.15, 0.2) is 0 Å². The molecule has 2 heterocycles. The first-order valence-electron chi connectivity index (χ1n) is 7.40. The second-order valence-electron chi connectivity index (χ2n) is 5.42. The number of rotatable bonds is 4. The number of amides is 1. The first kappa shape index (κ1) is 16.5. The lowest BCUT2D eigenvalue weighted by Gasteiger charge is -2.23. The average Bonchev–Trinajstić information content (AvgIpc) is 2.97. The van der Waals surface area contributed by atoms with Crippen LogP contribution in [-0.4, -0.2) is 34.8 Å². The molecule has 1 unspecified atom stereocenters. The first-order valence-corrected chi connectivity index (χ1v) is 7.40. The summed E-state index contributed by atoms with van der Waals surface area (Å²) < 4.78 is 1.80. The van der Waals surface area contributed by atoms with Crippen molar-refractivity contribution in [2.24, 2.45) is 0 Å². The smallest absolute Gasteiger partial charge is 0.224 e. The van der Waals surface area contributed by atoms with Gasteiger partial charge >= 0.3 is 0 Å². The molecule has 0 aliphatic carbocycles. The number of carbonyl (C=O) groups excluding carboxylic acids is 1. The lowest BCUT2D eigenvalue weighted by molar-refractivity contribution is -0.121. The van der Waals surface area contributed by atoms with Gasteiger partial charge in [-0.25, -0.2) is 4.68 Å². The lowest BCUT2D eigenvalue weighted by Crippen LogP contribution is -2.46. The van der Waals surface area contributed by atoms with Crippen LogP contribution in [0.25, 0.3) is 5.69 Å². The van der Waals surface area contributed by atoms with E-state index in [1.807, 2.05) is 36.5 Å². The number of benzene rings is 1. The Labute approximate surface area is 136 Å². The largest absolute Gasteiger partial charge is 0.352 e. The minimum atomic E-state index is 0. The zero-order valence-electron chi connectivity index (χ0n) is 12.4. The minimum absolute atomic E-state index is 0. The molecule has 0 bridgehead atoms. The van der Waals surface area contributed by atoms with Gasteiger partial charge in [0.2, 0.25) is 5.91 Å². The molecule has 1 aromatic heterocycles. The Bertz CT molecular complexity index is 593. The molecule has 1 aliphatic heterocycles. The molecule has 1 atom stereocenters. The van der Waals surface area contributed by atoms with Crippen LogP contribution in [0, 0.1) is 0 Å². The van der Waals surface area contributed by atoms with E-state index in [1.165, 1.54) is 0 Å². The van der Waals surface area contributed by atoms with E-state index in [2.05, 4.69) is 15.7 Å². The van der Waals surface area contributed by atoms with Crippen LogP contribution < -0.4 is 10.6 Å². The minimum Gasteiger partial charge on any atom is -0.352 e. The molecule has 0 saturated carbocycles. The van der Waals surface area contributed by atoms with E-state index in [1.54, 1.807) is 10.9 Å². The number of halogens is 1. The lowest BCUT2D eigenvalue weighted by atomic mass is 10.1. The fraction of sp³-hybridized carbons (Fsp3) is 0.375. The molecule has 3 rings (SSSR count). The van der Waals surface area contributed by atoms with Gasteiger partial charge in [-0.3, -0.25) is 4.79 Å². The number of para-hydroxylation sites is 1. The number of nitrogens with one attached hydrogen (secondary N) is 2. The highest BCUT2D eigenvalue weighted by molar-refractivity contribution is 5.85. The Kier molecular flexibility index (Phi) is 5.98. The highest BCUT2D eigenvalue weighted by atomic mass is 35.5. The topological polar surface area (TPSA) is 59.0 Å². The van der Waals surface area contributed by atoms with E-state index < -0.39 is 0 Å². The van der Waals surface area contributed by atoms with Crippen LogP contribution in [0.1, 0.15) is 18.4 Å². The summed E-state index contributed by atoms with van der Waals surface area (Å²) in [6.45, 7) is 1.92. The Morgan fingerprint density at radius 3 is 2.91 bits per heavy atom. The van der Waals surface area contributed by atoms with Crippen LogP contribution in [0.5, 0.6) is 0 Å². The molecule has 1 aromatic carbocycles.